The lowest BCUT2D eigenvalue weighted by atomic mass is 9.86. The number of rotatable bonds is 3. The van der Waals surface area contributed by atoms with Gasteiger partial charge < -0.3 is 9.64 Å². The Kier molecular flexibility index (Phi) is 4.79. The van der Waals surface area contributed by atoms with Crippen LogP contribution < -0.4 is 9.64 Å². The van der Waals surface area contributed by atoms with Gasteiger partial charge in [0.2, 0.25) is 0 Å². The lowest BCUT2D eigenvalue weighted by molar-refractivity contribution is 0.0733. The van der Waals surface area contributed by atoms with E-state index in [1.54, 1.807) is 6.07 Å². The molecule has 0 saturated carbocycles. The van der Waals surface area contributed by atoms with Crippen LogP contribution in [-0.4, -0.2) is 20.1 Å². The molecule has 0 spiro atoms. The van der Waals surface area contributed by atoms with Crippen LogP contribution in [0.5, 0.6) is 5.75 Å². The largest absolute Gasteiger partial charge is 0.423 e. The molecule has 23 heavy (non-hydrogen) atoms. The molecule has 3 nitrogen and oxygen atoms in total. The third-order valence-corrected chi connectivity index (χ3v) is 3.84. The fraction of sp³-hybridized carbons (Fsp3) is 0.350. The SMILES string of the molecule is Cc1cc(C(C)(C)C)ccc1OC(=O)c1cccc(N(C)C)c1. The van der Waals surface area contributed by atoms with Gasteiger partial charge in [-0.15, -0.1) is 0 Å². The number of hydrogen-bond acceptors (Lipinski definition) is 3. The quantitative estimate of drug-likeness (QED) is 0.614. The van der Waals surface area contributed by atoms with Crippen LogP contribution >= 0.6 is 0 Å². The zero-order valence-corrected chi connectivity index (χ0v) is 14.8. The minimum atomic E-state index is -0.333. The first kappa shape index (κ1) is 17.1. The van der Waals surface area contributed by atoms with Gasteiger partial charge in [-0.25, -0.2) is 4.79 Å². The molecule has 0 atom stereocenters. The summed E-state index contributed by atoms with van der Waals surface area (Å²) in [5, 5.41) is 0. The van der Waals surface area contributed by atoms with Crippen molar-refractivity contribution in [2.24, 2.45) is 0 Å². The van der Waals surface area contributed by atoms with Gasteiger partial charge in [0.25, 0.3) is 0 Å². The third kappa shape index (κ3) is 4.13. The predicted octanol–water partition coefficient (Wildman–Crippen LogP) is 4.58. The number of hydrogen-bond donors (Lipinski definition) is 0. The minimum Gasteiger partial charge on any atom is -0.423 e. The normalized spacial score (nSPS) is 11.2. The zero-order valence-electron chi connectivity index (χ0n) is 14.8. The fourth-order valence-electron chi connectivity index (χ4n) is 2.30. The van der Waals surface area contributed by atoms with E-state index in [1.807, 2.05) is 56.3 Å². The first-order valence-corrected chi connectivity index (χ1v) is 7.79. The van der Waals surface area contributed by atoms with E-state index in [2.05, 4.69) is 26.8 Å². The van der Waals surface area contributed by atoms with E-state index < -0.39 is 0 Å². The van der Waals surface area contributed by atoms with Crippen molar-refractivity contribution in [3.63, 3.8) is 0 Å². The zero-order chi connectivity index (χ0) is 17.2. The summed E-state index contributed by atoms with van der Waals surface area (Å²) in [6.45, 7) is 8.47. The summed E-state index contributed by atoms with van der Waals surface area (Å²) in [5.74, 6) is 0.276. The third-order valence-electron chi connectivity index (χ3n) is 3.84. The number of anilines is 1. The molecular weight excluding hydrogens is 286 g/mol. The highest BCUT2D eigenvalue weighted by Gasteiger charge is 2.16. The highest BCUT2D eigenvalue weighted by atomic mass is 16.5. The lowest BCUT2D eigenvalue weighted by Gasteiger charge is -2.20. The first-order chi connectivity index (χ1) is 10.7. The summed E-state index contributed by atoms with van der Waals surface area (Å²) in [6, 6.07) is 13.4. The number of aryl methyl sites for hydroxylation is 1. The van der Waals surface area contributed by atoms with Gasteiger partial charge in [-0.2, -0.15) is 0 Å². The van der Waals surface area contributed by atoms with Crippen molar-refractivity contribution in [2.75, 3.05) is 19.0 Å². The summed E-state index contributed by atoms with van der Waals surface area (Å²) in [6.07, 6.45) is 0. The van der Waals surface area contributed by atoms with Crippen LogP contribution in [0.1, 0.15) is 42.3 Å². The van der Waals surface area contributed by atoms with Crippen LogP contribution in [0.2, 0.25) is 0 Å². The molecule has 0 amide bonds. The molecule has 0 radical (unpaired) electrons. The van der Waals surface area contributed by atoms with Crippen LogP contribution in [0.4, 0.5) is 5.69 Å². The standard InChI is InChI=1S/C20H25NO2/c1-14-12-16(20(2,3)4)10-11-18(14)23-19(22)15-8-7-9-17(13-15)21(5)6/h7-13H,1-6H3. The average Bonchev–Trinajstić information content (AvgIpc) is 2.48. The topological polar surface area (TPSA) is 29.5 Å². The van der Waals surface area contributed by atoms with Gasteiger partial charge in [0.1, 0.15) is 5.75 Å². The van der Waals surface area contributed by atoms with E-state index in [4.69, 9.17) is 4.74 Å². The van der Waals surface area contributed by atoms with Crippen molar-refractivity contribution in [2.45, 2.75) is 33.1 Å². The molecule has 0 aromatic heterocycles. The lowest BCUT2D eigenvalue weighted by Crippen LogP contribution is -2.14. The van der Waals surface area contributed by atoms with E-state index in [0.29, 0.717) is 11.3 Å². The second-order valence-electron chi connectivity index (χ2n) is 7.06. The Morgan fingerprint density at radius 2 is 1.74 bits per heavy atom. The van der Waals surface area contributed by atoms with Crippen LogP contribution in [0.15, 0.2) is 42.5 Å². The Bertz CT molecular complexity index is 712. The Balaban J connectivity index is 2.22. The predicted molar refractivity (Wildman–Crippen MR) is 95.6 cm³/mol. The van der Waals surface area contributed by atoms with E-state index in [0.717, 1.165) is 11.3 Å². The van der Waals surface area contributed by atoms with Gasteiger partial charge in [-0.3, -0.25) is 0 Å². The number of carbonyl (C=O) groups excluding carboxylic acids is 1. The fourth-order valence-corrected chi connectivity index (χ4v) is 2.30. The van der Waals surface area contributed by atoms with Crippen molar-refractivity contribution in [3.8, 4) is 5.75 Å². The van der Waals surface area contributed by atoms with Gasteiger partial charge in [0.15, 0.2) is 0 Å². The molecule has 2 rings (SSSR count). The van der Waals surface area contributed by atoms with Crippen LogP contribution in [0.25, 0.3) is 0 Å². The number of benzene rings is 2. The molecule has 3 heteroatoms. The number of ether oxygens (including phenoxy) is 1. The minimum absolute atomic E-state index is 0.0767. The number of carbonyl (C=O) groups is 1. The molecule has 122 valence electrons. The molecular formula is C20H25NO2. The average molecular weight is 311 g/mol. The number of esters is 1. The van der Waals surface area contributed by atoms with Gasteiger partial charge in [-0.1, -0.05) is 39.0 Å². The van der Waals surface area contributed by atoms with Crippen molar-refractivity contribution in [1.82, 2.24) is 0 Å². The summed E-state index contributed by atoms with van der Waals surface area (Å²) >= 11 is 0. The molecule has 0 heterocycles. The van der Waals surface area contributed by atoms with Gasteiger partial charge in [0.05, 0.1) is 5.56 Å². The molecule has 0 saturated heterocycles. The molecule has 0 unspecified atom stereocenters. The second-order valence-corrected chi connectivity index (χ2v) is 7.06. The Morgan fingerprint density at radius 1 is 1.04 bits per heavy atom. The molecule has 0 aliphatic heterocycles. The summed E-state index contributed by atoms with van der Waals surface area (Å²) in [7, 11) is 3.89. The summed E-state index contributed by atoms with van der Waals surface area (Å²) in [4.78, 5) is 14.3. The molecule has 0 bridgehead atoms. The monoisotopic (exact) mass is 311 g/mol. The summed E-state index contributed by atoms with van der Waals surface area (Å²) < 4.78 is 5.58. The molecule has 0 fully saturated rings. The van der Waals surface area contributed by atoms with Crippen LogP contribution in [0, 0.1) is 6.92 Å². The maximum atomic E-state index is 12.4. The molecule has 2 aromatic carbocycles. The van der Waals surface area contributed by atoms with Crippen molar-refractivity contribution in [1.29, 1.82) is 0 Å². The van der Waals surface area contributed by atoms with E-state index in [-0.39, 0.29) is 11.4 Å². The van der Waals surface area contributed by atoms with Crippen LogP contribution in [-0.2, 0) is 5.41 Å². The van der Waals surface area contributed by atoms with Gasteiger partial charge >= 0.3 is 5.97 Å². The Hall–Kier alpha value is -2.29. The maximum absolute atomic E-state index is 12.4. The van der Waals surface area contributed by atoms with E-state index in [1.165, 1.54) is 5.56 Å². The highest BCUT2D eigenvalue weighted by molar-refractivity contribution is 5.92. The highest BCUT2D eigenvalue weighted by Crippen LogP contribution is 2.28. The van der Waals surface area contributed by atoms with Gasteiger partial charge in [0, 0.05) is 19.8 Å². The van der Waals surface area contributed by atoms with Crippen LogP contribution in [0.3, 0.4) is 0 Å². The molecule has 0 N–H and O–H groups in total. The van der Waals surface area contributed by atoms with Crippen molar-refractivity contribution < 1.29 is 9.53 Å². The summed E-state index contributed by atoms with van der Waals surface area (Å²) in [5.41, 5.74) is 3.79. The smallest absolute Gasteiger partial charge is 0.343 e. The maximum Gasteiger partial charge on any atom is 0.343 e. The van der Waals surface area contributed by atoms with Crippen molar-refractivity contribution in [3.05, 3.63) is 59.2 Å². The first-order valence-electron chi connectivity index (χ1n) is 7.79. The van der Waals surface area contributed by atoms with E-state index in [9.17, 15) is 4.79 Å². The Labute approximate surface area is 138 Å². The Morgan fingerprint density at radius 3 is 2.30 bits per heavy atom. The van der Waals surface area contributed by atoms with Gasteiger partial charge in [-0.05, 0) is 47.7 Å². The second kappa shape index (κ2) is 6.45. The van der Waals surface area contributed by atoms with E-state index >= 15 is 0 Å². The molecule has 0 aliphatic rings. The molecule has 0 aliphatic carbocycles. The molecule has 2 aromatic rings. The number of nitrogens with zero attached hydrogens (tertiary/aromatic N) is 1. The van der Waals surface area contributed by atoms with Crippen molar-refractivity contribution >= 4 is 11.7 Å².